The topological polar surface area (TPSA) is 294 Å². The Balaban J connectivity index is 0.000000371. The van der Waals surface area contributed by atoms with Gasteiger partial charge in [0.15, 0.2) is 0 Å². The van der Waals surface area contributed by atoms with Crippen molar-refractivity contribution in [2.75, 3.05) is 20.6 Å². The quantitative estimate of drug-likeness (QED) is 0.0140. The maximum absolute atomic E-state index is 14.1. The Bertz CT molecular complexity index is 3940. The zero-order valence-electron chi connectivity index (χ0n) is 59.7. The van der Waals surface area contributed by atoms with E-state index < -0.39 is 24.3 Å². The van der Waals surface area contributed by atoms with Crippen LogP contribution in [-0.2, 0) is 98.7 Å². The smallest absolute Gasteiger partial charge is 0.407 e. The van der Waals surface area contributed by atoms with Gasteiger partial charge < -0.3 is 55.7 Å². The summed E-state index contributed by atoms with van der Waals surface area (Å²) in [6, 6.07) is 36.2. The van der Waals surface area contributed by atoms with Crippen molar-refractivity contribution in [1.82, 2.24) is 81.2 Å². The summed E-state index contributed by atoms with van der Waals surface area (Å²) in [7, 11) is 3.37. The van der Waals surface area contributed by atoms with Crippen molar-refractivity contribution in [3.8, 4) is 0 Å². The summed E-state index contributed by atoms with van der Waals surface area (Å²) in [6.07, 6.45) is 10.7. The van der Waals surface area contributed by atoms with Crippen LogP contribution >= 0.6 is 81.1 Å². The molecule has 0 bridgehead atoms. The van der Waals surface area contributed by atoms with Gasteiger partial charge in [-0.25, -0.2) is 34.0 Å². The summed E-state index contributed by atoms with van der Waals surface area (Å²) in [5.41, 5.74) is 9.25. The fourth-order valence-electron chi connectivity index (χ4n) is 11.0. The number of nitrogens with zero attached hydrogens (tertiary/aromatic N) is 9. The molecule has 0 aliphatic carbocycles. The fourth-order valence-corrected chi connectivity index (χ4v) is 13.8. The largest absolute Gasteiger partial charge is 0.444 e. The van der Waals surface area contributed by atoms with Crippen molar-refractivity contribution in [1.29, 1.82) is 0 Å². The number of halogens is 2. The number of carbonyl (C=O) groups is 6. The molecular weight excluding hydrogens is 1720 g/mol. The predicted octanol–water partition coefficient (Wildman–Crippen LogP) is 13.2. The summed E-state index contributed by atoms with van der Waals surface area (Å²) in [4.78, 5) is 105. The average molecular weight is 1810 g/mol. The van der Waals surface area contributed by atoms with Crippen LogP contribution in [0.5, 0.6) is 0 Å². The van der Waals surface area contributed by atoms with E-state index in [1.54, 1.807) is 77.4 Å². The first-order valence-electron chi connectivity index (χ1n) is 34.4. The van der Waals surface area contributed by atoms with Crippen LogP contribution in [0, 0.1) is 0 Å². The molecule has 0 aliphatic rings. The zero-order chi connectivity index (χ0) is 73.1. The second-order valence-corrected chi connectivity index (χ2v) is 29.6. The number of alkyl carbamates (subject to hydrolysis) is 2. The van der Waals surface area contributed by atoms with Crippen LogP contribution in [0.4, 0.5) is 19.2 Å². The molecule has 0 fully saturated rings. The number of carbonyl (C=O) groups excluding carboxylic acids is 6. The molecule has 564 valence electrons. The molecule has 4 aromatic carbocycles. The molecular formula is C74H96ClIN16O8S4W. The van der Waals surface area contributed by atoms with Crippen LogP contribution < -0.4 is 36.7 Å². The number of urea groups is 2. The average Bonchev–Trinajstić information content (AvgIpc) is 1.25. The van der Waals surface area contributed by atoms with E-state index in [-0.39, 0.29) is 114 Å². The Morgan fingerprint density at radius 1 is 0.495 bits per heavy atom. The maximum atomic E-state index is 14.1. The molecule has 31 heteroatoms. The molecule has 24 nitrogen and oxygen atoms in total. The molecule has 9 rings (SSSR count). The zero-order valence-corrected chi connectivity index (χ0v) is 69.0. The molecule has 8 amide bonds. The van der Waals surface area contributed by atoms with E-state index in [2.05, 4.69) is 94.6 Å². The Hall–Kier alpha value is -7.77. The van der Waals surface area contributed by atoms with Crippen LogP contribution in [0.25, 0.3) is 0 Å². The number of ether oxygens (including phenoxy) is 2. The van der Waals surface area contributed by atoms with E-state index in [0.717, 1.165) is 53.4 Å². The van der Waals surface area contributed by atoms with E-state index in [4.69, 9.17) is 21.3 Å². The van der Waals surface area contributed by atoms with Gasteiger partial charge in [-0.05, 0) is 98.2 Å². The van der Waals surface area contributed by atoms with Crippen molar-refractivity contribution in [2.45, 2.75) is 173 Å². The van der Waals surface area contributed by atoms with Crippen molar-refractivity contribution in [3.63, 3.8) is 0 Å². The summed E-state index contributed by atoms with van der Waals surface area (Å²) in [6.45, 7) is 9.98. The van der Waals surface area contributed by atoms with Crippen molar-refractivity contribution in [3.05, 3.63) is 222 Å². The standard InChI is InChI=1S/C38H47N9O4S2.C36H46ClN7O4S2.HI.W.H2/c1-27(2)36-43-32(23-52-36)21-46(3)37(49)45-34(16-17-47-24-40-41-25-47)35(48)42-30(18-28-10-6-4-7-11-28)14-15-31(19-29-12-8-5-9-13-29)44-38(50)51-22-33-20-39-26-53-33;1-25(2)34-41-30(23-49-34)21-44(3)35(46)43-32(16-17-39-37)33(45)40-28(18-26-10-6-4-7-11-26)14-15-29(19-27-12-8-5-9-13-27)42-36(47)48-22-31-20-38-24-50-31;;;/h4-13,20,23-27,30-31,34H,14-19,21-22H2,1-3H3,(H,42,48)(H,44,50)(H,45,49);4-13,20,23-25,28-29,32,39H,14-19,21-22H2,1-3H3,(H,40,45)(H,42,47)(H,43,46);1H;;1H/t30-,31-,34-;28-,29-,32-;;;/m00.../s1/i;;;;1+1. The van der Waals surface area contributed by atoms with E-state index in [9.17, 15) is 28.8 Å². The number of amides is 8. The number of hydrogen-bond acceptors (Lipinski definition) is 19. The van der Waals surface area contributed by atoms with E-state index in [0.29, 0.717) is 95.8 Å². The number of rotatable bonds is 38. The minimum Gasteiger partial charge on any atom is -0.444 e. The maximum Gasteiger partial charge on any atom is 0.407 e. The Kier molecular flexibility index (Phi) is 38.6. The molecule has 0 radical (unpaired) electrons. The third-order valence-electron chi connectivity index (χ3n) is 16.5. The summed E-state index contributed by atoms with van der Waals surface area (Å²) in [5.74, 6) is -0.00461. The molecule has 0 aliphatic heterocycles. The van der Waals surface area contributed by atoms with Crippen LogP contribution in [0.3, 0.4) is 0 Å². The summed E-state index contributed by atoms with van der Waals surface area (Å²) in [5, 5.41) is 32.1. The molecule has 105 heavy (non-hydrogen) atoms. The third kappa shape index (κ3) is 31.7. The van der Waals surface area contributed by atoms with Gasteiger partial charge in [0.05, 0.1) is 55.3 Å². The summed E-state index contributed by atoms with van der Waals surface area (Å²) >= 11 is 11.8. The molecule has 7 N–H and O–H groups in total. The van der Waals surface area contributed by atoms with Crippen molar-refractivity contribution >= 4 is 117 Å². The minimum absolute atomic E-state index is 0. The summed E-state index contributed by atoms with van der Waals surface area (Å²) < 4.78 is 12.8. The minimum atomic E-state index is -0.841. The number of benzene rings is 4. The van der Waals surface area contributed by atoms with E-state index in [1.165, 1.54) is 32.5 Å². The molecule has 0 spiro atoms. The molecule has 5 heterocycles. The number of nitrogens with one attached hydrogen (secondary N) is 7. The SMILES string of the molecule is CC(C)c1nc(CN(C)C(=O)N[C@@H](CCNCl)C(=O)N[C@@H](CC[C@@H](Cc2ccccc2)NC(=O)OCc2cncs2)Cc2ccccc2)cs1.CC(C)c1nc(CN(C)C(=O)N[C@@H](CCn2cnnc2)C(=O)N[C@@H](CC[C@@H](Cc2ccccc2)NC(=O)OCc2cncs2)Cc2ccccc2)cs1.I.[2HH].[W]. The normalized spacial score (nSPS) is 12.6. The fraction of sp³-hybridized carbons (Fsp3) is 0.405. The van der Waals surface area contributed by atoms with Gasteiger partial charge in [0, 0.05) is 109 Å². The van der Waals surface area contributed by atoms with E-state index in [1.807, 2.05) is 132 Å². The first-order valence-corrected chi connectivity index (χ1v) is 38.3. The molecule has 9 aromatic rings. The Morgan fingerprint density at radius 2 is 0.848 bits per heavy atom. The first kappa shape index (κ1) is 86.2. The molecule has 5 aromatic heterocycles. The number of aryl methyl sites for hydroxylation is 1. The van der Waals surface area contributed by atoms with Crippen molar-refractivity contribution in [2.24, 2.45) is 0 Å². The van der Waals surface area contributed by atoms with Crippen LogP contribution in [0.2, 0.25) is 0 Å². The van der Waals surface area contributed by atoms with Gasteiger partial charge in [0.2, 0.25) is 11.8 Å². The molecule has 0 saturated heterocycles. The Morgan fingerprint density at radius 3 is 1.17 bits per heavy atom. The third-order valence-corrected chi connectivity index (χ3v) is 20.6. The number of hydrogen-bond donors (Lipinski definition) is 7. The van der Waals surface area contributed by atoms with Gasteiger partial charge in [0.25, 0.3) is 0 Å². The second kappa shape index (κ2) is 47.0. The van der Waals surface area contributed by atoms with Gasteiger partial charge >= 0.3 is 24.2 Å². The number of aromatic nitrogens is 7. The van der Waals surface area contributed by atoms with Gasteiger partial charge in [-0.2, -0.15) is 0 Å². The second-order valence-electron chi connectivity index (χ2n) is 25.6. The molecule has 0 unspecified atom stereocenters. The van der Waals surface area contributed by atoms with Crippen LogP contribution in [-0.4, -0.2) is 137 Å². The predicted molar refractivity (Wildman–Crippen MR) is 422 cm³/mol. The molecule has 6 atom stereocenters. The van der Waals surface area contributed by atoms with Gasteiger partial charge in [-0.3, -0.25) is 19.6 Å². The monoisotopic (exact) mass is 1810 g/mol. The van der Waals surface area contributed by atoms with Gasteiger partial charge in [-0.15, -0.1) is 79.5 Å². The number of thiazole rings is 4. The van der Waals surface area contributed by atoms with E-state index >= 15 is 0 Å². The first-order chi connectivity index (χ1) is 49.9. The van der Waals surface area contributed by atoms with Crippen LogP contribution in [0.1, 0.15) is 133 Å². The van der Waals surface area contributed by atoms with Crippen molar-refractivity contribution < 1.29 is 60.7 Å². The van der Waals surface area contributed by atoms with Gasteiger partial charge in [0.1, 0.15) is 38.0 Å². The Labute approximate surface area is 668 Å². The molecule has 0 saturated carbocycles. The van der Waals surface area contributed by atoms with Gasteiger partial charge in [-0.1, -0.05) is 149 Å². The van der Waals surface area contributed by atoms with Crippen LogP contribution in [0.15, 0.2) is 168 Å².